The summed E-state index contributed by atoms with van der Waals surface area (Å²) in [5, 5.41) is 4.19. The Kier molecular flexibility index (Phi) is 6.23. The first-order valence-corrected chi connectivity index (χ1v) is 12.4. The van der Waals surface area contributed by atoms with Gasteiger partial charge in [-0.2, -0.15) is 0 Å². The van der Waals surface area contributed by atoms with E-state index in [9.17, 15) is 4.79 Å². The molecule has 2 aromatic heterocycles. The summed E-state index contributed by atoms with van der Waals surface area (Å²) in [6, 6.07) is 16.9. The van der Waals surface area contributed by atoms with Crippen LogP contribution in [0.15, 0.2) is 54.7 Å². The van der Waals surface area contributed by atoms with Gasteiger partial charge in [0.05, 0.1) is 11.7 Å². The number of carbonyl (C=O) groups is 1. The van der Waals surface area contributed by atoms with Crippen LogP contribution in [-0.4, -0.2) is 42.0 Å². The van der Waals surface area contributed by atoms with Gasteiger partial charge >= 0.3 is 0 Å². The molecular weight excluding hydrogens is 416 g/mol. The molecule has 3 heterocycles. The summed E-state index contributed by atoms with van der Waals surface area (Å²) >= 11 is 1.78. The Morgan fingerprint density at radius 1 is 1.00 bits per heavy atom. The number of nitrogens with zero attached hydrogens (tertiary/aromatic N) is 3. The largest absolute Gasteiger partial charge is 0.369 e. The highest BCUT2D eigenvalue weighted by Crippen LogP contribution is 2.45. The number of rotatable bonds is 5. The molecule has 1 amide bonds. The molecule has 1 atom stereocenters. The second-order valence-electron chi connectivity index (χ2n) is 8.65. The summed E-state index contributed by atoms with van der Waals surface area (Å²) < 4.78 is 0. The predicted molar refractivity (Wildman–Crippen MR) is 132 cm³/mol. The molecule has 0 unspecified atom stereocenters. The van der Waals surface area contributed by atoms with Gasteiger partial charge in [0.25, 0.3) is 0 Å². The van der Waals surface area contributed by atoms with Gasteiger partial charge in [-0.1, -0.05) is 24.3 Å². The lowest BCUT2D eigenvalue weighted by Crippen LogP contribution is -2.48. The van der Waals surface area contributed by atoms with Crippen molar-refractivity contribution in [2.75, 3.05) is 36.4 Å². The maximum atomic E-state index is 12.1. The highest BCUT2D eigenvalue weighted by atomic mass is 32.1. The van der Waals surface area contributed by atoms with Gasteiger partial charge in [0.15, 0.2) is 0 Å². The fourth-order valence-electron chi connectivity index (χ4n) is 5.06. The van der Waals surface area contributed by atoms with E-state index in [1.807, 2.05) is 12.3 Å². The van der Waals surface area contributed by atoms with Gasteiger partial charge in [-0.25, -0.2) is 0 Å². The lowest BCUT2D eigenvalue weighted by molar-refractivity contribution is -0.114. The number of carbonyl (C=O) groups excluding carboxylic acids is 1. The molecule has 3 aromatic rings. The van der Waals surface area contributed by atoms with Crippen molar-refractivity contribution in [3.05, 3.63) is 76.4 Å². The van der Waals surface area contributed by atoms with E-state index in [4.69, 9.17) is 4.98 Å². The quantitative estimate of drug-likeness (QED) is 0.606. The predicted octanol–water partition coefficient (Wildman–Crippen LogP) is 4.89. The van der Waals surface area contributed by atoms with Crippen molar-refractivity contribution in [3.63, 3.8) is 0 Å². The topological polar surface area (TPSA) is 48.5 Å². The van der Waals surface area contributed by atoms with E-state index in [0.717, 1.165) is 49.7 Å². The Labute approximate surface area is 194 Å². The molecular formula is C26H30N4OS. The van der Waals surface area contributed by atoms with E-state index >= 15 is 0 Å². The van der Waals surface area contributed by atoms with Crippen molar-refractivity contribution >= 4 is 27.9 Å². The van der Waals surface area contributed by atoms with Crippen molar-refractivity contribution in [3.8, 4) is 0 Å². The van der Waals surface area contributed by atoms with Crippen LogP contribution >= 0.6 is 11.3 Å². The number of thiophene rings is 1. The molecule has 1 aliphatic carbocycles. The summed E-state index contributed by atoms with van der Waals surface area (Å²) in [6.45, 7) is 5.49. The molecule has 5 nitrogen and oxygen atoms in total. The molecule has 2 aliphatic rings. The highest BCUT2D eigenvalue weighted by molar-refractivity contribution is 7.16. The third-order valence-electron chi connectivity index (χ3n) is 6.54. The lowest BCUT2D eigenvalue weighted by Gasteiger charge is -2.40. The van der Waals surface area contributed by atoms with E-state index < -0.39 is 0 Å². The molecule has 1 aromatic carbocycles. The van der Waals surface area contributed by atoms with Crippen LogP contribution in [0.2, 0.25) is 0 Å². The van der Waals surface area contributed by atoms with Gasteiger partial charge in [-0.15, -0.1) is 11.3 Å². The number of pyridine rings is 1. The van der Waals surface area contributed by atoms with Crippen LogP contribution < -0.4 is 10.2 Å². The van der Waals surface area contributed by atoms with Crippen molar-refractivity contribution in [1.82, 2.24) is 9.88 Å². The Morgan fingerprint density at radius 3 is 2.47 bits per heavy atom. The molecule has 0 saturated carbocycles. The molecule has 0 spiro atoms. The third-order valence-corrected chi connectivity index (χ3v) is 7.77. The minimum atomic E-state index is -0.00138. The molecule has 1 fully saturated rings. The zero-order valence-electron chi connectivity index (χ0n) is 18.6. The monoisotopic (exact) mass is 446 g/mol. The molecule has 1 saturated heterocycles. The molecule has 1 aliphatic heterocycles. The first kappa shape index (κ1) is 21.2. The van der Waals surface area contributed by atoms with Crippen molar-refractivity contribution in [2.24, 2.45) is 0 Å². The van der Waals surface area contributed by atoms with Crippen LogP contribution in [0.25, 0.3) is 0 Å². The fourth-order valence-corrected chi connectivity index (χ4v) is 6.43. The van der Waals surface area contributed by atoms with Crippen LogP contribution in [0.5, 0.6) is 0 Å². The number of fused-ring (bicyclic) bond motifs is 1. The van der Waals surface area contributed by atoms with E-state index in [0.29, 0.717) is 0 Å². The lowest BCUT2D eigenvalue weighted by atomic mass is 9.90. The van der Waals surface area contributed by atoms with Crippen LogP contribution in [0.4, 0.5) is 10.7 Å². The Balaban J connectivity index is 1.51. The number of hydrogen-bond acceptors (Lipinski definition) is 5. The van der Waals surface area contributed by atoms with E-state index in [1.54, 1.807) is 18.3 Å². The van der Waals surface area contributed by atoms with Gasteiger partial charge in [0.1, 0.15) is 5.00 Å². The number of hydrogen-bond donors (Lipinski definition) is 1. The number of benzene rings is 1. The SMILES string of the molecule is CC(=O)Nc1sc2c(c1[C@@H](c1ccccn1)N1CCN(c3ccccc3)CC1)CCCC2. The minimum Gasteiger partial charge on any atom is -0.369 e. The third kappa shape index (κ3) is 4.30. The Hall–Kier alpha value is -2.70. The molecule has 0 bridgehead atoms. The second kappa shape index (κ2) is 9.43. The Morgan fingerprint density at radius 2 is 1.75 bits per heavy atom. The average Bonchev–Trinajstić information content (AvgIpc) is 3.18. The summed E-state index contributed by atoms with van der Waals surface area (Å²) in [7, 11) is 0. The summed E-state index contributed by atoms with van der Waals surface area (Å²) in [5.41, 5.74) is 5.09. The van der Waals surface area contributed by atoms with E-state index in [-0.39, 0.29) is 11.9 Å². The van der Waals surface area contributed by atoms with Gasteiger partial charge in [-0.05, 0) is 55.5 Å². The minimum absolute atomic E-state index is 0.00138. The number of nitrogens with one attached hydrogen (secondary N) is 1. The molecule has 5 rings (SSSR count). The van der Waals surface area contributed by atoms with Crippen LogP contribution in [0, 0.1) is 0 Å². The van der Waals surface area contributed by atoms with Gasteiger partial charge in [-0.3, -0.25) is 14.7 Å². The highest BCUT2D eigenvalue weighted by Gasteiger charge is 2.34. The zero-order chi connectivity index (χ0) is 21.9. The standard InChI is InChI=1S/C26H30N4OS/c1-19(31)28-26-24(21-11-5-6-13-23(21)32-26)25(22-12-7-8-14-27-22)30-17-15-29(16-18-30)20-9-3-2-4-10-20/h2-4,7-10,12,14,25H,5-6,11,13,15-18H2,1H3,(H,28,31)/t25-/m1/s1. The maximum Gasteiger partial charge on any atom is 0.221 e. The molecule has 6 heteroatoms. The first-order chi connectivity index (χ1) is 15.7. The summed E-state index contributed by atoms with van der Waals surface area (Å²) in [4.78, 5) is 23.3. The van der Waals surface area contributed by atoms with Crippen LogP contribution in [0.1, 0.15) is 47.5 Å². The summed E-state index contributed by atoms with van der Waals surface area (Å²) in [6.07, 6.45) is 6.54. The van der Waals surface area contributed by atoms with Crippen molar-refractivity contribution in [2.45, 2.75) is 38.6 Å². The number of piperazine rings is 1. The normalized spacial score (nSPS) is 17.6. The van der Waals surface area contributed by atoms with Gasteiger partial charge < -0.3 is 10.2 Å². The number of anilines is 2. The van der Waals surface area contributed by atoms with E-state index in [2.05, 4.69) is 57.6 Å². The maximum absolute atomic E-state index is 12.1. The van der Waals surface area contributed by atoms with Crippen LogP contribution in [0.3, 0.4) is 0 Å². The number of aryl methyl sites for hydroxylation is 1. The molecule has 1 N–H and O–H groups in total. The molecule has 32 heavy (non-hydrogen) atoms. The zero-order valence-corrected chi connectivity index (χ0v) is 19.4. The molecule has 166 valence electrons. The average molecular weight is 447 g/mol. The van der Waals surface area contributed by atoms with Gasteiger partial charge in [0, 0.05) is 55.4 Å². The van der Waals surface area contributed by atoms with Crippen LogP contribution in [-0.2, 0) is 17.6 Å². The smallest absolute Gasteiger partial charge is 0.221 e. The van der Waals surface area contributed by atoms with E-state index in [1.165, 1.54) is 34.5 Å². The van der Waals surface area contributed by atoms with Crippen molar-refractivity contribution in [1.29, 1.82) is 0 Å². The Bertz CT molecular complexity index is 1060. The number of para-hydroxylation sites is 1. The number of aromatic nitrogens is 1. The fraction of sp³-hybridized carbons (Fsp3) is 0.385. The van der Waals surface area contributed by atoms with Gasteiger partial charge in [0.2, 0.25) is 5.91 Å². The second-order valence-corrected chi connectivity index (χ2v) is 9.76. The number of amides is 1. The molecule has 0 radical (unpaired) electrons. The summed E-state index contributed by atoms with van der Waals surface area (Å²) in [5.74, 6) is -0.00138. The van der Waals surface area contributed by atoms with Crippen molar-refractivity contribution < 1.29 is 4.79 Å². The first-order valence-electron chi connectivity index (χ1n) is 11.6.